The van der Waals surface area contributed by atoms with Crippen LogP contribution in [0.4, 0.5) is 0 Å². The van der Waals surface area contributed by atoms with E-state index in [2.05, 4.69) is 35.9 Å². The van der Waals surface area contributed by atoms with E-state index in [-0.39, 0.29) is 5.75 Å². The lowest BCUT2D eigenvalue weighted by Gasteiger charge is -2.16. The van der Waals surface area contributed by atoms with Crippen LogP contribution in [-0.2, 0) is 20.6 Å². The number of nitrogens with one attached hydrogen (secondary N) is 1. The van der Waals surface area contributed by atoms with Crippen molar-refractivity contribution in [3.05, 3.63) is 149 Å². The summed E-state index contributed by atoms with van der Waals surface area (Å²) in [6, 6.07) is 37.4. The van der Waals surface area contributed by atoms with Crippen LogP contribution < -0.4 is 4.72 Å². The number of amides is 1. The van der Waals surface area contributed by atoms with Gasteiger partial charge in [0, 0.05) is 6.08 Å². The first-order valence-corrected chi connectivity index (χ1v) is 13.8. The van der Waals surface area contributed by atoms with Crippen LogP contribution in [0.1, 0.15) is 41.2 Å². The topological polar surface area (TPSA) is 63.2 Å². The molecule has 186 valence electrons. The molecule has 0 aliphatic carbocycles. The van der Waals surface area contributed by atoms with Crippen molar-refractivity contribution in [2.75, 3.05) is 0 Å². The minimum absolute atomic E-state index is 0.252. The van der Waals surface area contributed by atoms with Crippen LogP contribution in [-0.4, -0.2) is 14.3 Å². The molecule has 0 aliphatic rings. The van der Waals surface area contributed by atoms with E-state index in [1.807, 2.05) is 66.7 Å². The summed E-state index contributed by atoms with van der Waals surface area (Å²) in [5.74, 6) is -0.931. The minimum Gasteiger partial charge on any atom is -0.269 e. The zero-order valence-electron chi connectivity index (χ0n) is 20.7. The van der Waals surface area contributed by atoms with Crippen LogP contribution in [0.2, 0.25) is 0 Å². The molecule has 0 unspecified atom stereocenters. The smallest absolute Gasteiger partial charge is 0.257 e. The normalized spacial score (nSPS) is 12.2. The molecular formula is C32H29NO3S. The van der Waals surface area contributed by atoms with E-state index in [4.69, 9.17) is 0 Å². The summed E-state index contributed by atoms with van der Waals surface area (Å²) in [5, 5.41) is 0. The maximum Gasteiger partial charge on any atom is 0.257 e. The van der Waals surface area contributed by atoms with Gasteiger partial charge in [0.05, 0.1) is 5.75 Å². The van der Waals surface area contributed by atoms with Crippen LogP contribution in [0.15, 0.2) is 121 Å². The standard InChI is InChI=1S/C32H29NO3S/c1-2-30(27-14-8-4-9-15-27)32(28-16-10-5-11-17-28)29-21-18-25(19-22-29)20-23-31(34)33-37(35,36)24-26-12-6-3-7-13-26/h3-23H,2,24H2,1H3,(H,33,34). The fourth-order valence-electron chi connectivity index (χ4n) is 4.23. The first-order valence-electron chi connectivity index (χ1n) is 12.2. The van der Waals surface area contributed by atoms with E-state index >= 15 is 0 Å². The fourth-order valence-corrected chi connectivity index (χ4v) is 5.31. The number of allylic oxidation sites excluding steroid dienone is 1. The molecule has 0 bridgehead atoms. The second-order valence-electron chi connectivity index (χ2n) is 8.61. The Morgan fingerprint density at radius 1 is 0.703 bits per heavy atom. The first-order chi connectivity index (χ1) is 17.9. The molecule has 0 atom stereocenters. The Morgan fingerprint density at radius 2 is 1.22 bits per heavy atom. The zero-order valence-corrected chi connectivity index (χ0v) is 21.5. The van der Waals surface area contributed by atoms with Crippen LogP contribution in [0.25, 0.3) is 17.2 Å². The monoisotopic (exact) mass is 507 g/mol. The molecule has 37 heavy (non-hydrogen) atoms. The van der Waals surface area contributed by atoms with Crippen molar-refractivity contribution in [3.8, 4) is 0 Å². The molecule has 1 amide bonds. The molecule has 0 radical (unpaired) electrons. The largest absolute Gasteiger partial charge is 0.269 e. The van der Waals surface area contributed by atoms with Gasteiger partial charge in [-0.25, -0.2) is 13.1 Å². The average Bonchev–Trinajstić information content (AvgIpc) is 2.92. The highest BCUT2D eigenvalue weighted by Crippen LogP contribution is 2.34. The molecule has 0 fully saturated rings. The second kappa shape index (κ2) is 12.2. The van der Waals surface area contributed by atoms with Gasteiger partial charge < -0.3 is 0 Å². The highest BCUT2D eigenvalue weighted by molar-refractivity contribution is 7.89. The summed E-state index contributed by atoms with van der Waals surface area (Å²) >= 11 is 0. The van der Waals surface area contributed by atoms with Crippen molar-refractivity contribution < 1.29 is 13.2 Å². The molecule has 4 aromatic carbocycles. The van der Waals surface area contributed by atoms with Crippen molar-refractivity contribution in [1.82, 2.24) is 4.72 Å². The lowest BCUT2D eigenvalue weighted by Crippen LogP contribution is -2.30. The van der Waals surface area contributed by atoms with Gasteiger partial charge in [-0.05, 0) is 51.5 Å². The van der Waals surface area contributed by atoms with Crippen LogP contribution in [0.5, 0.6) is 0 Å². The predicted molar refractivity (Wildman–Crippen MR) is 152 cm³/mol. The van der Waals surface area contributed by atoms with Crippen molar-refractivity contribution >= 4 is 33.2 Å². The fraction of sp³-hybridized carbons (Fsp3) is 0.0938. The predicted octanol–water partition coefficient (Wildman–Crippen LogP) is 6.72. The SMILES string of the molecule is CCC(=C(c1ccccc1)c1ccc(C=CC(=O)NS(=O)(=O)Cc2ccccc2)cc1)c1ccccc1. The number of benzene rings is 4. The number of hydrogen-bond donors (Lipinski definition) is 1. The Balaban J connectivity index is 1.55. The molecule has 5 heteroatoms. The average molecular weight is 508 g/mol. The Hall–Kier alpha value is -4.22. The Morgan fingerprint density at radius 3 is 1.78 bits per heavy atom. The number of hydrogen-bond acceptors (Lipinski definition) is 3. The third-order valence-corrected chi connectivity index (χ3v) is 7.15. The van der Waals surface area contributed by atoms with E-state index in [1.165, 1.54) is 17.2 Å². The summed E-state index contributed by atoms with van der Waals surface area (Å²) in [6.45, 7) is 2.16. The van der Waals surface area contributed by atoms with Gasteiger partial charge in [0.2, 0.25) is 10.0 Å². The number of sulfonamides is 1. The molecular weight excluding hydrogens is 478 g/mol. The van der Waals surface area contributed by atoms with Crippen molar-refractivity contribution in [2.45, 2.75) is 19.1 Å². The van der Waals surface area contributed by atoms with Gasteiger partial charge in [0.1, 0.15) is 0 Å². The molecule has 0 spiro atoms. The summed E-state index contributed by atoms with van der Waals surface area (Å²) in [5.41, 5.74) is 7.21. The molecule has 0 heterocycles. The maximum atomic E-state index is 12.3. The molecule has 0 saturated carbocycles. The van der Waals surface area contributed by atoms with E-state index < -0.39 is 15.9 Å². The molecule has 0 aliphatic heterocycles. The van der Waals surface area contributed by atoms with Gasteiger partial charge in [0.25, 0.3) is 5.91 Å². The van der Waals surface area contributed by atoms with Crippen molar-refractivity contribution in [2.24, 2.45) is 0 Å². The highest BCUT2D eigenvalue weighted by Gasteiger charge is 2.14. The summed E-state index contributed by atoms with van der Waals surface area (Å²) in [7, 11) is -3.78. The number of carbonyl (C=O) groups excluding carboxylic acids is 1. The quantitative estimate of drug-likeness (QED) is 0.202. The summed E-state index contributed by atoms with van der Waals surface area (Å²) < 4.78 is 26.7. The van der Waals surface area contributed by atoms with Crippen LogP contribution >= 0.6 is 0 Å². The third kappa shape index (κ3) is 7.15. The van der Waals surface area contributed by atoms with Crippen LogP contribution in [0.3, 0.4) is 0 Å². The lowest BCUT2D eigenvalue weighted by atomic mass is 9.88. The Kier molecular flexibility index (Phi) is 8.49. The number of carbonyl (C=O) groups is 1. The zero-order chi connectivity index (χ0) is 26.1. The summed E-state index contributed by atoms with van der Waals surface area (Å²) in [4.78, 5) is 12.3. The lowest BCUT2D eigenvalue weighted by molar-refractivity contribution is -0.114. The van der Waals surface area contributed by atoms with Gasteiger partial charge in [0.15, 0.2) is 0 Å². The van der Waals surface area contributed by atoms with E-state index in [9.17, 15) is 13.2 Å². The van der Waals surface area contributed by atoms with Crippen molar-refractivity contribution in [3.63, 3.8) is 0 Å². The molecule has 1 N–H and O–H groups in total. The van der Waals surface area contributed by atoms with Gasteiger partial charge in [-0.2, -0.15) is 0 Å². The Labute approximate surface area is 219 Å². The molecule has 4 aromatic rings. The molecule has 0 saturated heterocycles. The third-order valence-electron chi connectivity index (χ3n) is 5.92. The van der Waals surface area contributed by atoms with E-state index in [0.717, 1.165) is 28.7 Å². The maximum absolute atomic E-state index is 12.3. The second-order valence-corrected chi connectivity index (χ2v) is 10.3. The van der Waals surface area contributed by atoms with E-state index in [1.54, 1.807) is 30.3 Å². The first kappa shape index (κ1) is 25.9. The van der Waals surface area contributed by atoms with Crippen molar-refractivity contribution in [1.29, 1.82) is 0 Å². The summed E-state index contributed by atoms with van der Waals surface area (Å²) in [6.07, 6.45) is 3.72. The number of rotatable bonds is 9. The molecule has 0 aromatic heterocycles. The minimum atomic E-state index is -3.78. The molecule has 4 nitrogen and oxygen atoms in total. The van der Waals surface area contributed by atoms with E-state index in [0.29, 0.717) is 5.56 Å². The van der Waals surface area contributed by atoms with Gasteiger partial charge >= 0.3 is 0 Å². The van der Waals surface area contributed by atoms with Gasteiger partial charge in [-0.15, -0.1) is 0 Å². The van der Waals surface area contributed by atoms with Gasteiger partial charge in [-0.3, -0.25) is 4.79 Å². The van der Waals surface area contributed by atoms with Gasteiger partial charge in [-0.1, -0.05) is 122 Å². The molecule has 4 rings (SSSR count). The Bertz CT molecular complexity index is 1490. The highest BCUT2D eigenvalue weighted by atomic mass is 32.2. The van der Waals surface area contributed by atoms with Crippen LogP contribution in [0, 0.1) is 0 Å².